The van der Waals surface area contributed by atoms with E-state index in [-0.39, 0.29) is 17.0 Å². The number of aryl methyl sites for hydroxylation is 1. The minimum Gasteiger partial charge on any atom is -0.454 e. The summed E-state index contributed by atoms with van der Waals surface area (Å²) in [6.45, 7) is 3.27. The van der Waals surface area contributed by atoms with Crippen molar-refractivity contribution < 1.29 is 19.2 Å². The molecule has 160 valence electrons. The second kappa shape index (κ2) is 8.83. The van der Waals surface area contributed by atoms with Crippen molar-refractivity contribution in [2.45, 2.75) is 13.8 Å². The van der Waals surface area contributed by atoms with Crippen molar-refractivity contribution in [2.24, 2.45) is 0 Å². The molecule has 0 radical (unpaired) electrons. The molecule has 8 nitrogen and oxygen atoms in total. The van der Waals surface area contributed by atoms with Crippen molar-refractivity contribution in [1.29, 1.82) is 0 Å². The van der Waals surface area contributed by atoms with Crippen LogP contribution in [-0.2, 0) is 4.74 Å². The summed E-state index contributed by atoms with van der Waals surface area (Å²) in [7, 11) is 3.34. The largest absolute Gasteiger partial charge is 0.454 e. The fourth-order valence-electron chi connectivity index (χ4n) is 3.49. The van der Waals surface area contributed by atoms with Crippen molar-refractivity contribution in [3.8, 4) is 5.69 Å². The van der Waals surface area contributed by atoms with Crippen LogP contribution in [0.2, 0.25) is 0 Å². The molecule has 1 aromatic heterocycles. The first kappa shape index (κ1) is 21.8. The molecule has 0 bridgehead atoms. The zero-order valence-corrected chi connectivity index (χ0v) is 17.8. The maximum atomic E-state index is 12.7. The molecule has 31 heavy (non-hydrogen) atoms. The number of rotatable bonds is 7. The van der Waals surface area contributed by atoms with E-state index in [4.69, 9.17) is 4.74 Å². The van der Waals surface area contributed by atoms with Gasteiger partial charge in [0.1, 0.15) is 5.69 Å². The molecule has 0 saturated heterocycles. The molecular formula is C23H23N3O5. The number of para-hydroxylation sites is 1. The molecular weight excluding hydrogens is 398 g/mol. The summed E-state index contributed by atoms with van der Waals surface area (Å²) in [5.74, 6) is -1.14. The highest BCUT2D eigenvalue weighted by Crippen LogP contribution is 2.28. The molecule has 0 aliphatic rings. The number of anilines is 1. The Morgan fingerprint density at radius 1 is 1.06 bits per heavy atom. The van der Waals surface area contributed by atoms with Gasteiger partial charge in [0.05, 0.1) is 10.5 Å². The van der Waals surface area contributed by atoms with E-state index in [2.05, 4.69) is 0 Å². The van der Waals surface area contributed by atoms with Gasteiger partial charge in [-0.2, -0.15) is 0 Å². The van der Waals surface area contributed by atoms with Gasteiger partial charge in [-0.25, -0.2) is 4.79 Å². The van der Waals surface area contributed by atoms with E-state index in [1.54, 1.807) is 25.1 Å². The quantitative estimate of drug-likeness (QED) is 0.247. The average molecular weight is 421 g/mol. The van der Waals surface area contributed by atoms with Crippen LogP contribution in [0.3, 0.4) is 0 Å². The minimum atomic E-state index is -0.793. The lowest BCUT2D eigenvalue weighted by Crippen LogP contribution is -2.16. The molecule has 2 aromatic carbocycles. The third-order valence-corrected chi connectivity index (χ3v) is 4.97. The molecule has 0 aliphatic heterocycles. The van der Waals surface area contributed by atoms with Gasteiger partial charge in [-0.3, -0.25) is 14.9 Å². The van der Waals surface area contributed by atoms with Crippen molar-refractivity contribution in [3.05, 3.63) is 87.2 Å². The Labute approximate surface area is 179 Å². The van der Waals surface area contributed by atoms with E-state index in [1.807, 2.05) is 48.7 Å². The molecule has 0 saturated carbocycles. The fraction of sp³-hybridized carbons (Fsp3) is 0.217. The number of carbonyl (C=O) groups is 2. The van der Waals surface area contributed by atoms with Crippen LogP contribution in [0.25, 0.3) is 5.69 Å². The molecule has 3 rings (SSSR count). The number of aromatic nitrogens is 1. The van der Waals surface area contributed by atoms with Crippen LogP contribution in [0.4, 0.5) is 11.4 Å². The van der Waals surface area contributed by atoms with Gasteiger partial charge in [-0.15, -0.1) is 0 Å². The highest BCUT2D eigenvalue weighted by atomic mass is 16.6. The predicted molar refractivity (Wildman–Crippen MR) is 117 cm³/mol. The summed E-state index contributed by atoms with van der Waals surface area (Å²) < 4.78 is 7.11. The van der Waals surface area contributed by atoms with Crippen LogP contribution in [0.1, 0.15) is 32.1 Å². The number of hydrogen-bond acceptors (Lipinski definition) is 6. The molecule has 0 unspecified atom stereocenters. The van der Waals surface area contributed by atoms with Gasteiger partial charge in [0.25, 0.3) is 5.69 Å². The lowest BCUT2D eigenvalue weighted by Gasteiger charge is -2.13. The number of Topliss-reactive ketones (excluding diaryl/α,β-unsaturated/α-hetero) is 1. The normalized spacial score (nSPS) is 10.6. The summed E-state index contributed by atoms with van der Waals surface area (Å²) in [5, 5.41) is 11.3. The number of nitro groups is 1. The van der Waals surface area contributed by atoms with Crippen molar-refractivity contribution >= 4 is 23.1 Å². The van der Waals surface area contributed by atoms with E-state index in [0.717, 1.165) is 23.1 Å². The first-order valence-electron chi connectivity index (χ1n) is 9.61. The zero-order valence-electron chi connectivity index (χ0n) is 17.8. The monoisotopic (exact) mass is 421 g/mol. The fourth-order valence-corrected chi connectivity index (χ4v) is 3.49. The first-order chi connectivity index (χ1) is 14.7. The molecule has 1 heterocycles. The van der Waals surface area contributed by atoms with Gasteiger partial charge in [-0.05, 0) is 44.2 Å². The number of ether oxygens (including phenoxy) is 1. The maximum Gasteiger partial charge on any atom is 0.338 e. The van der Waals surface area contributed by atoms with Crippen LogP contribution in [0.15, 0.2) is 54.6 Å². The Hall–Kier alpha value is -3.94. The van der Waals surface area contributed by atoms with E-state index in [0.29, 0.717) is 11.3 Å². The Morgan fingerprint density at radius 2 is 1.74 bits per heavy atom. The number of benzene rings is 2. The summed E-state index contributed by atoms with van der Waals surface area (Å²) in [6, 6.07) is 15.5. The summed E-state index contributed by atoms with van der Waals surface area (Å²) in [5.41, 5.74) is 3.19. The number of nitrogens with zero attached hydrogens (tertiary/aromatic N) is 3. The van der Waals surface area contributed by atoms with Gasteiger partial charge >= 0.3 is 5.97 Å². The number of carbonyl (C=O) groups excluding carboxylic acids is 2. The third-order valence-electron chi connectivity index (χ3n) is 4.97. The molecule has 3 aromatic rings. The van der Waals surface area contributed by atoms with Crippen LogP contribution in [-0.4, -0.2) is 41.9 Å². The zero-order chi connectivity index (χ0) is 22.7. The number of ketones is 1. The van der Waals surface area contributed by atoms with Gasteiger partial charge in [0.15, 0.2) is 6.61 Å². The molecule has 0 amide bonds. The van der Waals surface area contributed by atoms with Crippen molar-refractivity contribution in [1.82, 2.24) is 4.57 Å². The lowest BCUT2D eigenvalue weighted by molar-refractivity contribution is -0.384. The number of hydrogen-bond donors (Lipinski definition) is 0. The predicted octanol–water partition coefficient (Wildman–Crippen LogP) is 4.11. The number of esters is 1. The van der Waals surface area contributed by atoms with Gasteiger partial charge in [-0.1, -0.05) is 18.2 Å². The third kappa shape index (κ3) is 4.48. The maximum absolute atomic E-state index is 12.7. The van der Waals surface area contributed by atoms with E-state index < -0.39 is 17.5 Å². The van der Waals surface area contributed by atoms with E-state index >= 15 is 0 Å². The van der Waals surface area contributed by atoms with Crippen LogP contribution < -0.4 is 4.90 Å². The summed E-state index contributed by atoms with van der Waals surface area (Å²) in [4.78, 5) is 37.4. The average Bonchev–Trinajstić information content (AvgIpc) is 3.05. The molecule has 0 atom stereocenters. The van der Waals surface area contributed by atoms with E-state index in [9.17, 15) is 19.7 Å². The van der Waals surface area contributed by atoms with Crippen LogP contribution in [0.5, 0.6) is 0 Å². The highest BCUT2D eigenvalue weighted by molar-refractivity contribution is 6.00. The van der Waals surface area contributed by atoms with Gasteiger partial charge in [0.2, 0.25) is 5.78 Å². The molecule has 0 spiro atoms. The molecule has 0 N–H and O–H groups in total. The minimum absolute atomic E-state index is 0.0138. The standard InChI is InChI=1S/C23H23N3O5/c1-15-12-19(16(2)25(15)18-8-6-5-7-9-18)22(27)14-31-23(28)17-10-11-20(24(3)4)21(13-17)26(29)30/h5-13H,14H2,1-4H3. The smallest absolute Gasteiger partial charge is 0.338 e. The summed E-state index contributed by atoms with van der Waals surface area (Å²) >= 11 is 0. The van der Waals surface area contributed by atoms with E-state index in [1.165, 1.54) is 12.1 Å². The Bertz CT molecular complexity index is 1150. The summed E-state index contributed by atoms with van der Waals surface area (Å²) in [6.07, 6.45) is 0. The number of nitro benzene ring substituents is 1. The van der Waals surface area contributed by atoms with Crippen LogP contribution >= 0.6 is 0 Å². The SMILES string of the molecule is Cc1cc(C(=O)COC(=O)c2ccc(N(C)C)c([N+](=O)[O-])c2)c(C)n1-c1ccccc1. The second-order valence-corrected chi connectivity index (χ2v) is 7.31. The van der Waals surface area contributed by atoms with Crippen molar-refractivity contribution in [2.75, 3.05) is 25.6 Å². The van der Waals surface area contributed by atoms with Crippen molar-refractivity contribution in [3.63, 3.8) is 0 Å². The van der Waals surface area contributed by atoms with Gasteiger partial charge < -0.3 is 14.2 Å². The topological polar surface area (TPSA) is 94.7 Å². The second-order valence-electron chi connectivity index (χ2n) is 7.31. The molecule has 8 heteroatoms. The van der Waals surface area contributed by atoms with Gasteiger partial charge in [0, 0.05) is 42.8 Å². The first-order valence-corrected chi connectivity index (χ1v) is 9.61. The molecule has 0 aliphatic carbocycles. The Balaban J connectivity index is 1.77. The Morgan fingerprint density at radius 3 is 2.35 bits per heavy atom. The lowest BCUT2D eigenvalue weighted by atomic mass is 10.1. The highest BCUT2D eigenvalue weighted by Gasteiger charge is 2.22. The molecule has 0 fully saturated rings. The Kier molecular flexibility index (Phi) is 6.20. The van der Waals surface area contributed by atoms with Crippen LogP contribution in [0, 0.1) is 24.0 Å².